The fourth-order valence-electron chi connectivity index (χ4n) is 5.96. The fraction of sp³-hybridized carbons (Fsp3) is 0.778. The quantitative estimate of drug-likeness (QED) is 0.0379. The molecule has 1 fully saturated rings. The topological polar surface area (TPSA) is 179 Å². The van der Waals surface area contributed by atoms with E-state index in [1.807, 2.05) is 0 Å². The molecule has 0 spiro atoms. The molecule has 3 heterocycles. The Morgan fingerprint density at radius 2 is 1.63 bits per heavy atom. The van der Waals surface area contributed by atoms with Gasteiger partial charge in [0, 0.05) is 13.2 Å². The number of anilines is 1. The van der Waals surface area contributed by atoms with Crippen LogP contribution >= 0.6 is 7.82 Å². The molecule has 14 nitrogen and oxygen atoms in total. The van der Waals surface area contributed by atoms with E-state index in [2.05, 4.69) is 23.1 Å². The summed E-state index contributed by atoms with van der Waals surface area (Å²) in [6, 6.07) is 5.70. The summed E-state index contributed by atoms with van der Waals surface area (Å²) in [4.78, 5) is 15.8. The summed E-state index contributed by atoms with van der Waals surface area (Å²) in [5, 5.41) is 14.4. The van der Waals surface area contributed by atoms with Crippen molar-refractivity contribution < 1.29 is 41.9 Å². The zero-order chi connectivity index (χ0) is 36.8. The molecule has 1 aliphatic heterocycles. The van der Waals surface area contributed by atoms with Gasteiger partial charge in [0.1, 0.15) is 17.9 Å². The van der Waals surface area contributed by atoms with Crippen molar-refractivity contribution in [2.75, 3.05) is 39.0 Å². The van der Waals surface area contributed by atoms with E-state index < -0.39 is 38.6 Å². The van der Waals surface area contributed by atoms with Gasteiger partial charge < -0.3 is 24.7 Å². The van der Waals surface area contributed by atoms with Crippen LogP contribution in [0.3, 0.4) is 0 Å². The van der Waals surface area contributed by atoms with Gasteiger partial charge in [0.15, 0.2) is 11.4 Å². The maximum Gasteiger partial charge on any atom is 0.510 e. The number of carbonyl (C=O) groups excluding carboxylic acids is 1. The van der Waals surface area contributed by atoms with Crippen molar-refractivity contribution in [1.82, 2.24) is 14.6 Å². The molecule has 2 aromatic heterocycles. The van der Waals surface area contributed by atoms with Gasteiger partial charge in [0.2, 0.25) is 6.79 Å². The molecular formula is C36H60N5O9P. The molecule has 15 heteroatoms. The number of hydrogen-bond acceptors (Lipinski definition) is 13. The van der Waals surface area contributed by atoms with Gasteiger partial charge in [-0.2, -0.15) is 10.4 Å². The second-order valence-electron chi connectivity index (χ2n) is 13.3. The minimum Gasteiger partial charge on any atom is -0.432 e. The summed E-state index contributed by atoms with van der Waals surface area (Å²) in [5.74, 6) is 0.275. The largest absolute Gasteiger partial charge is 0.510 e. The normalized spacial score (nSPS) is 18.6. The number of hydrogen-bond donors (Lipinski definition) is 1. The summed E-state index contributed by atoms with van der Waals surface area (Å²) in [5.41, 5.74) is 5.68. The average Bonchev–Trinajstić information content (AvgIpc) is 3.74. The number of nitriles is 1. The van der Waals surface area contributed by atoms with E-state index in [-0.39, 0.29) is 19.0 Å². The van der Waals surface area contributed by atoms with E-state index in [0.29, 0.717) is 43.7 Å². The van der Waals surface area contributed by atoms with Crippen LogP contribution in [0.2, 0.25) is 0 Å². The Hall–Kier alpha value is -2.79. The lowest BCUT2D eigenvalue weighted by Crippen LogP contribution is -2.28. The molecule has 3 atom stereocenters. The maximum atomic E-state index is 13.5. The molecule has 2 aromatic rings. The first kappa shape index (κ1) is 42.6. The second-order valence-corrected chi connectivity index (χ2v) is 15.0. The van der Waals surface area contributed by atoms with Gasteiger partial charge in [-0.1, -0.05) is 90.4 Å². The third-order valence-corrected chi connectivity index (χ3v) is 10.1. The summed E-state index contributed by atoms with van der Waals surface area (Å²) >= 11 is 0. The Morgan fingerprint density at radius 3 is 2.27 bits per heavy atom. The molecule has 1 aliphatic rings. The van der Waals surface area contributed by atoms with Crippen molar-refractivity contribution in [3.63, 3.8) is 0 Å². The van der Waals surface area contributed by atoms with Crippen molar-refractivity contribution >= 4 is 25.3 Å². The van der Waals surface area contributed by atoms with E-state index >= 15 is 0 Å². The number of phosphoric ester groups is 1. The number of ether oxygens (including phenoxy) is 4. The van der Waals surface area contributed by atoms with Gasteiger partial charge in [0.25, 0.3) is 0 Å². The molecular weight excluding hydrogens is 677 g/mol. The van der Waals surface area contributed by atoms with Gasteiger partial charge in [-0.3, -0.25) is 9.05 Å². The number of nitrogens with two attached hydrogens (primary N) is 1. The van der Waals surface area contributed by atoms with Gasteiger partial charge >= 0.3 is 14.0 Å². The van der Waals surface area contributed by atoms with Crippen molar-refractivity contribution in [1.29, 1.82) is 5.26 Å². The van der Waals surface area contributed by atoms with Crippen LogP contribution in [0.1, 0.15) is 136 Å². The monoisotopic (exact) mass is 737 g/mol. The molecule has 2 N–H and O–H groups in total. The molecule has 1 unspecified atom stereocenters. The standard InChI is InChI=1S/C36H60N5O9P/c1-4-5-6-7-8-9-10-11-12-13-14-15-16-17-23-44-24-18-25-46-51(43,48-29-45-35(42)49-30(2)3)47-26-31-21-22-36(27-37,50-31)33-20-19-32-34(38)39-28-40-41(32)33/h19-20,28,30-31H,4-18,21-26,29H2,1-3H3,(H2,38,39,40)/t31-,36+,51?/m1/s1. The third-order valence-electron chi connectivity index (χ3n) is 8.73. The van der Waals surface area contributed by atoms with Crippen LogP contribution in [-0.2, 0) is 42.7 Å². The first-order valence-electron chi connectivity index (χ1n) is 18.8. The molecule has 0 amide bonds. The first-order chi connectivity index (χ1) is 24.7. The molecule has 3 rings (SSSR count). The fourth-order valence-corrected chi connectivity index (χ4v) is 7.07. The minimum atomic E-state index is -4.20. The number of nitrogens with zero attached hydrogens (tertiary/aromatic N) is 4. The van der Waals surface area contributed by atoms with Crippen LogP contribution in [0.15, 0.2) is 18.5 Å². The summed E-state index contributed by atoms with van der Waals surface area (Å²) in [6.07, 6.45) is 18.8. The molecule has 0 saturated carbocycles. The van der Waals surface area contributed by atoms with Gasteiger partial charge in [-0.25, -0.2) is 23.4 Å². The van der Waals surface area contributed by atoms with Crippen LogP contribution in [-0.4, -0.2) is 66.2 Å². The highest BCUT2D eigenvalue weighted by Crippen LogP contribution is 2.51. The predicted molar refractivity (Wildman–Crippen MR) is 193 cm³/mol. The van der Waals surface area contributed by atoms with Crippen LogP contribution in [0.25, 0.3) is 5.52 Å². The average molecular weight is 738 g/mol. The lowest BCUT2D eigenvalue weighted by molar-refractivity contribution is -0.0475. The maximum absolute atomic E-state index is 13.5. The Kier molecular flexibility index (Phi) is 19.8. The Balaban J connectivity index is 1.34. The number of rotatable bonds is 28. The molecule has 0 radical (unpaired) electrons. The highest BCUT2D eigenvalue weighted by Gasteiger charge is 2.45. The zero-order valence-corrected chi connectivity index (χ0v) is 31.8. The van der Waals surface area contributed by atoms with Crippen molar-refractivity contribution in [3.8, 4) is 6.07 Å². The Bertz CT molecular complexity index is 1370. The van der Waals surface area contributed by atoms with Gasteiger partial charge in [0.05, 0.1) is 31.1 Å². The molecule has 51 heavy (non-hydrogen) atoms. The number of phosphoric acid groups is 1. The number of fused-ring (bicyclic) bond motifs is 1. The Labute approximate surface area is 303 Å². The van der Waals surface area contributed by atoms with Gasteiger partial charge in [-0.05, 0) is 51.7 Å². The summed E-state index contributed by atoms with van der Waals surface area (Å²) < 4.78 is 53.2. The van der Waals surface area contributed by atoms with E-state index in [1.54, 1.807) is 26.0 Å². The number of aromatic nitrogens is 3. The lowest BCUT2D eigenvalue weighted by Gasteiger charge is -2.23. The third kappa shape index (κ3) is 15.4. The van der Waals surface area contributed by atoms with E-state index in [1.165, 1.54) is 87.9 Å². The van der Waals surface area contributed by atoms with Crippen molar-refractivity contribution in [2.45, 2.75) is 148 Å². The molecule has 0 bridgehead atoms. The SMILES string of the molecule is CCCCCCCCCCCCCCCCOCCCOP(=O)(OCOC(=O)OC(C)C)OC[C@H]1CC[C@](C#N)(c2ccc3c(N)ncnn23)O1. The highest BCUT2D eigenvalue weighted by atomic mass is 31.2. The smallest absolute Gasteiger partial charge is 0.432 e. The van der Waals surface area contributed by atoms with Crippen LogP contribution < -0.4 is 5.73 Å². The summed E-state index contributed by atoms with van der Waals surface area (Å²) in [6.45, 7) is 5.80. The van der Waals surface area contributed by atoms with Crippen LogP contribution in [0.4, 0.5) is 10.6 Å². The molecule has 1 saturated heterocycles. The van der Waals surface area contributed by atoms with Crippen molar-refractivity contribution in [2.24, 2.45) is 0 Å². The number of unbranched alkanes of at least 4 members (excludes halogenated alkanes) is 13. The molecule has 0 aliphatic carbocycles. The summed E-state index contributed by atoms with van der Waals surface area (Å²) in [7, 11) is -4.20. The highest BCUT2D eigenvalue weighted by molar-refractivity contribution is 7.48. The van der Waals surface area contributed by atoms with Gasteiger partial charge in [-0.15, -0.1) is 0 Å². The molecule has 288 valence electrons. The minimum absolute atomic E-state index is 0.0252. The van der Waals surface area contributed by atoms with Crippen LogP contribution in [0, 0.1) is 11.3 Å². The van der Waals surface area contributed by atoms with Crippen LogP contribution in [0.5, 0.6) is 0 Å². The molecule has 0 aromatic carbocycles. The lowest BCUT2D eigenvalue weighted by atomic mass is 9.98. The van der Waals surface area contributed by atoms with E-state index in [0.717, 1.165) is 12.8 Å². The first-order valence-corrected chi connectivity index (χ1v) is 20.3. The van der Waals surface area contributed by atoms with Crippen molar-refractivity contribution in [3.05, 3.63) is 24.2 Å². The number of nitrogen functional groups attached to an aromatic ring is 1. The second kappa shape index (κ2) is 23.7. The van der Waals surface area contributed by atoms with E-state index in [4.69, 9.17) is 38.3 Å². The predicted octanol–water partition coefficient (Wildman–Crippen LogP) is 8.77. The number of carbonyl (C=O) groups is 1. The van der Waals surface area contributed by atoms with E-state index in [9.17, 15) is 14.6 Å². The zero-order valence-electron chi connectivity index (χ0n) is 30.9. The Morgan fingerprint density at radius 1 is 0.980 bits per heavy atom.